The van der Waals surface area contributed by atoms with E-state index in [1.807, 2.05) is 13.0 Å². The third-order valence-corrected chi connectivity index (χ3v) is 2.27. The zero-order chi connectivity index (χ0) is 12.8. The lowest BCUT2D eigenvalue weighted by Crippen LogP contribution is -2.14. The molecule has 1 N–H and O–H groups in total. The van der Waals surface area contributed by atoms with Crippen LogP contribution in [0.3, 0.4) is 0 Å². The molecule has 17 heavy (non-hydrogen) atoms. The van der Waals surface area contributed by atoms with Crippen LogP contribution in [0.25, 0.3) is 0 Å². The summed E-state index contributed by atoms with van der Waals surface area (Å²) in [6.45, 7) is 3.33. The van der Waals surface area contributed by atoms with Crippen LogP contribution in [-0.4, -0.2) is 17.0 Å². The lowest BCUT2D eigenvalue weighted by molar-refractivity contribution is 0.250. The molecule has 0 aromatic heterocycles. The molecular formula is C12H13FN2O2. The van der Waals surface area contributed by atoms with Gasteiger partial charge in [-0.2, -0.15) is 5.26 Å². The summed E-state index contributed by atoms with van der Waals surface area (Å²) in [6.07, 6.45) is -0.0893. The minimum absolute atomic E-state index is 0.229. The van der Waals surface area contributed by atoms with Gasteiger partial charge < -0.3 is 9.94 Å². The predicted molar refractivity (Wildman–Crippen MR) is 60.7 cm³/mol. The molecule has 0 amide bonds. The summed E-state index contributed by atoms with van der Waals surface area (Å²) in [4.78, 5) is 0. The molecule has 0 radical (unpaired) electrons. The minimum Gasteiger partial charge on any atom is -0.475 e. The average Bonchev–Trinajstić information content (AvgIpc) is 2.36. The van der Waals surface area contributed by atoms with Gasteiger partial charge in [0.25, 0.3) is 0 Å². The van der Waals surface area contributed by atoms with Crippen molar-refractivity contribution in [1.82, 2.24) is 0 Å². The Labute approximate surface area is 98.9 Å². The van der Waals surface area contributed by atoms with Gasteiger partial charge >= 0.3 is 0 Å². The average molecular weight is 236 g/mol. The fourth-order valence-electron chi connectivity index (χ4n) is 1.30. The zero-order valence-electron chi connectivity index (χ0n) is 9.64. The molecule has 90 valence electrons. The summed E-state index contributed by atoms with van der Waals surface area (Å²) >= 11 is 0. The molecule has 0 aliphatic carbocycles. The van der Waals surface area contributed by atoms with Crippen LogP contribution in [0.4, 0.5) is 4.39 Å². The van der Waals surface area contributed by atoms with Gasteiger partial charge in [-0.3, -0.25) is 0 Å². The first-order valence-electron chi connectivity index (χ1n) is 5.17. The van der Waals surface area contributed by atoms with E-state index in [1.54, 1.807) is 0 Å². The van der Waals surface area contributed by atoms with Crippen molar-refractivity contribution in [3.63, 3.8) is 0 Å². The van der Waals surface area contributed by atoms with Crippen LogP contribution < -0.4 is 4.74 Å². The second kappa shape index (κ2) is 5.85. The molecule has 0 aliphatic heterocycles. The molecule has 4 nitrogen and oxygen atoms in total. The predicted octanol–water partition coefficient (Wildman–Crippen LogP) is 2.70. The number of nitriles is 1. The van der Waals surface area contributed by atoms with Gasteiger partial charge in [0, 0.05) is 5.56 Å². The summed E-state index contributed by atoms with van der Waals surface area (Å²) in [5.74, 6) is -0.129. The molecule has 0 saturated heterocycles. The maximum absolute atomic E-state index is 13.1. The Balaban J connectivity index is 3.11. The van der Waals surface area contributed by atoms with Gasteiger partial charge in [0.05, 0.1) is 5.71 Å². The van der Waals surface area contributed by atoms with Gasteiger partial charge in [0.1, 0.15) is 17.6 Å². The van der Waals surface area contributed by atoms with Gasteiger partial charge in [-0.05, 0) is 31.5 Å². The third-order valence-electron chi connectivity index (χ3n) is 2.27. The van der Waals surface area contributed by atoms with Crippen molar-refractivity contribution < 1.29 is 14.3 Å². The van der Waals surface area contributed by atoms with Crippen LogP contribution in [0.15, 0.2) is 23.4 Å². The first-order chi connectivity index (χ1) is 8.12. The van der Waals surface area contributed by atoms with Crippen molar-refractivity contribution >= 4 is 5.71 Å². The molecule has 0 bridgehead atoms. The second-order valence-corrected chi connectivity index (χ2v) is 3.47. The number of ether oxygens (including phenoxy) is 1. The summed E-state index contributed by atoms with van der Waals surface area (Å²) in [5.41, 5.74) is 0.563. The number of hydrogen-bond acceptors (Lipinski definition) is 4. The Bertz CT molecular complexity index is 466. The van der Waals surface area contributed by atoms with Crippen molar-refractivity contribution in [1.29, 1.82) is 5.26 Å². The first-order valence-corrected chi connectivity index (χ1v) is 5.17. The van der Waals surface area contributed by atoms with E-state index >= 15 is 0 Å². The number of rotatable bonds is 4. The molecule has 0 spiro atoms. The van der Waals surface area contributed by atoms with E-state index in [-0.39, 0.29) is 5.71 Å². The highest BCUT2D eigenvalue weighted by atomic mass is 19.1. The molecular weight excluding hydrogens is 223 g/mol. The molecule has 0 fully saturated rings. The SMILES string of the molecule is CCC(C#N)Oc1ccc(F)cc1C(C)=NO. The molecule has 1 rings (SSSR count). The molecule has 5 heteroatoms. The number of hydrogen-bond donors (Lipinski definition) is 1. The third kappa shape index (κ3) is 3.18. The lowest BCUT2D eigenvalue weighted by Gasteiger charge is -2.13. The van der Waals surface area contributed by atoms with Gasteiger partial charge in [-0.25, -0.2) is 4.39 Å². The van der Waals surface area contributed by atoms with Crippen LogP contribution in [0, 0.1) is 17.1 Å². The Morgan fingerprint density at radius 2 is 2.35 bits per heavy atom. The molecule has 1 unspecified atom stereocenters. The van der Waals surface area contributed by atoms with E-state index in [1.165, 1.54) is 25.1 Å². The molecule has 0 heterocycles. The van der Waals surface area contributed by atoms with E-state index in [2.05, 4.69) is 5.16 Å². The topological polar surface area (TPSA) is 65.6 Å². The summed E-state index contributed by atoms with van der Waals surface area (Å²) < 4.78 is 18.5. The normalized spacial score (nSPS) is 12.9. The minimum atomic E-state index is -0.606. The Kier molecular flexibility index (Phi) is 4.46. The highest BCUT2D eigenvalue weighted by Gasteiger charge is 2.13. The van der Waals surface area contributed by atoms with Crippen LogP contribution in [0.2, 0.25) is 0 Å². The van der Waals surface area contributed by atoms with E-state index in [0.717, 1.165) is 0 Å². The maximum Gasteiger partial charge on any atom is 0.184 e. The van der Waals surface area contributed by atoms with Crippen LogP contribution in [0.1, 0.15) is 25.8 Å². The molecule has 0 aliphatic rings. The van der Waals surface area contributed by atoms with Gasteiger partial charge in [0.15, 0.2) is 6.10 Å². The zero-order valence-corrected chi connectivity index (χ0v) is 9.64. The fraction of sp³-hybridized carbons (Fsp3) is 0.333. The molecule has 0 saturated carbocycles. The summed E-state index contributed by atoms with van der Waals surface area (Å²) in [6, 6.07) is 5.83. The monoisotopic (exact) mass is 236 g/mol. The first kappa shape index (κ1) is 13.0. The van der Waals surface area contributed by atoms with E-state index in [9.17, 15) is 4.39 Å². The van der Waals surface area contributed by atoms with Crippen LogP contribution in [0.5, 0.6) is 5.75 Å². The maximum atomic E-state index is 13.1. The Morgan fingerprint density at radius 1 is 1.65 bits per heavy atom. The number of benzene rings is 1. The van der Waals surface area contributed by atoms with Gasteiger partial charge in [-0.15, -0.1) is 0 Å². The Hall–Kier alpha value is -2.09. The van der Waals surface area contributed by atoms with Crippen molar-refractivity contribution in [2.24, 2.45) is 5.16 Å². The van der Waals surface area contributed by atoms with E-state index in [4.69, 9.17) is 15.2 Å². The highest BCUT2D eigenvalue weighted by molar-refractivity contribution is 6.00. The van der Waals surface area contributed by atoms with Crippen LogP contribution in [-0.2, 0) is 0 Å². The molecule has 1 atom stereocenters. The number of oxime groups is 1. The summed E-state index contributed by atoms with van der Waals surface area (Å²) in [5, 5.41) is 20.5. The number of nitrogens with zero attached hydrogens (tertiary/aromatic N) is 2. The Morgan fingerprint density at radius 3 is 2.88 bits per heavy atom. The van der Waals surface area contributed by atoms with Crippen molar-refractivity contribution in [2.45, 2.75) is 26.4 Å². The van der Waals surface area contributed by atoms with Crippen molar-refractivity contribution in [3.05, 3.63) is 29.6 Å². The van der Waals surface area contributed by atoms with Crippen LogP contribution >= 0.6 is 0 Å². The van der Waals surface area contributed by atoms with E-state index < -0.39 is 11.9 Å². The lowest BCUT2D eigenvalue weighted by atomic mass is 10.1. The van der Waals surface area contributed by atoms with Crippen molar-refractivity contribution in [3.8, 4) is 11.8 Å². The van der Waals surface area contributed by atoms with Gasteiger partial charge in [0.2, 0.25) is 0 Å². The van der Waals surface area contributed by atoms with E-state index in [0.29, 0.717) is 17.7 Å². The summed E-state index contributed by atoms with van der Waals surface area (Å²) in [7, 11) is 0. The van der Waals surface area contributed by atoms with Crippen molar-refractivity contribution in [2.75, 3.05) is 0 Å². The standard InChI is InChI=1S/C12H13FN2O2/c1-3-10(7-14)17-12-5-4-9(13)6-11(12)8(2)15-16/h4-6,10,16H,3H2,1-2H3. The second-order valence-electron chi connectivity index (χ2n) is 3.47. The smallest absolute Gasteiger partial charge is 0.184 e. The quantitative estimate of drug-likeness (QED) is 0.496. The highest BCUT2D eigenvalue weighted by Crippen LogP contribution is 2.22. The molecule has 1 aromatic carbocycles. The molecule has 1 aromatic rings. The fourth-order valence-corrected chi connectivity index (χ4v) is 1.30. The number of halogens is 1. The largest absolute Gasteiger partial charge is 0.475 e. The van der Waals surface area contributed by atoms with Gasteiger partial charge in [-0.1, -0.05) is 12.1 Å².